The second-order valence-electron chi connectivity index (χ2n) is 5.21. The largest absolute Gasteiger partial charge is 0.493 e. The molecule has 0 saturated carbocycles. The molecular weight excluding hydrogens is 306 g/mol. The van der Waals surface area contributed by atoms with Crippen LogP contribution < -0.4 is 11.2 Å². The Hall–Kier alpha value is -3.41. The van der Waals surface area contributed by atoms with Crippen molar-refractivity contribution < 1.29 is 5.11 Å². The normalized spacial score (nSPS) is 11.0. The lowest BCUT2D eigenvalue weighted by Gasteiger charge is -2.09. The molecule has 1 heterocycles. The van der Waals surface area contributed by atoms with E-state index in [4.69, 9.17) is 0 Å². The molecule has 6 nitrogen and oxygen atoms in total. The zero-order valence-electron chi connectivity index (χ0n) is 12.9. The predicted molar refractivity (Wildman–Crippen MR) is 92.8 cm³/mol. The van der Waals surface area contributed by atoms with E-state index in [0.717, 1.165) is 10.1 Å². The number of nitrogens with one attached hydrogen (secondary N) is 1. The summed E-state index contributed by atoms with van der Waals surface area (Å²) in [5, 5.41) is 10.4. The van der Waals surface area contributed by atoms with Crippen LogP contribution in [0.15, 0.2) is 69.2 Å². The second kappa shape index (κ2) is 6.37. The lowest BCUT2D eigenvalue weighted by atomic mass is 10.2. The average molecular weight is 321 g/mol. The lowest BCUT2D eigenvalue weighted by molar-refractivity contribution is 0.430. The van der Waals surface area contributed by atoms with Gasteiger partial charge in [0, 0.05) is 6.21 Å². The predicted octanol–water partition coefficient (Wildman–Crippen LogP) is 2.29. The molecule has 0 aliphatic rings. The number of rotatable bonds is 3. The highest BCUT2D eigenvalue weighted by molar-refractivity contribution is 5.84. The molecule has 0 aliphatic carbocycles. The minimum absolute atomic E-state index is 0.0818. The molecule has 0 bridgehead atoms. The molecule has 3 rings (SSSR count). The van der Waals surface area contributed by atoms with Crippen LogP contribution in [0.25, 0.3) is 5.69 Å². The SMILES string of the molecule is Cc1ccccc1N=Cc1c(O)n(-c2ccccc2)c(=O)[nH]c1=O. The standard InChI is InChI=1S/C18H15N3O3/c1-12-7-5-6-10-15(12)19-11-14-16(22)20-18(24)21(17(14)23)13-8-3-2-4-9-13/h2-11,23H,1H3,(H,20,22,24). The number of aliphatic imine (C=N–C) groups is 1. The van der Waals surface area contributed by atoms with Gasteiger partial charge in [0.05, 0.1) is 11.4 Å². The third-order valence-electron chi connectivity index (χ3n) is 3.58. The zero-order chi connectivity index (χ0) is 17.1. The van der Waals surface area contributed by atoms with Crippen molar-refractivity contribution in [1.82, 2.24) is 9.55 Å². The van der Waals surface area contributed by atoms with Gasteiger partial charge in [0.25, 0.3) is 5.56 Å². The van der Waals surface area contributed by atoms with E-state index in [9.17, 15) is 14.7 Å². The van der Waals surface area contributed by atoms with Gasteiger partial charge in [-0.1, -0.05) is 36.4 Å². The van der Waals surface area contributed by atoms with E-state index in [0.29, 0.717) is 11.4 Å². The van der Waals surface area contributed by atoms with Crippen LogP contribution in [0.1, 0.15) is 11.1 Å². The second-order valence-corrected chi connectivity index (χ2v) is 5.21. The third kappa shape index (κ3) is 2.89. The molecule has 6 heteroatoms. The summed E-state index contributed by atoms with van der Waals surface area (Å²) >= 11 is 0. The number of hydrogen-bond donors (Lipinski definition) is 2. The highest BCUT2D eigenvalue weighted by atomic mass is 16.3. The highest BCUT2D eigenvalue weighted by Crippen LogP contribution is 2.19. The van der Waals surface area contributed by atoms with Crippen LogP contribution in [0.4, 0.5) is 5.69 Å². The summed E-state index contributed by atoms with van der Waals surface area (Å²) < 4.78 is 1.03. The lowest BCUT2D eigenvalue weighted by Crippen LogP contribution is -2.31. The first-order valence-electron chi connectivity index (χ1n) is 7.31. The maximum atomic E-state index is 12.0. The number of aromatic nitrogens is 2. The molecule has 0 radical (unpaired) electrons. The zero-order valence-corrected chi connectivity index (χ0v) is 12.9. The topological polar surface area (TPSA) is 87.4 Å². The maximum absolute atomic E-state index is 12.0. The van der Waals surface area contributed by atoms with Crippen LogP contribution in [0.2, 0.25) is 0 Å². The Balaban J connectivity index is 2.15. The van der Waals surface area contributed by atoms with E-state index >= 15 is 0 Å². The fourth-order valence-electron chi connectivity index (χ4n) is 2.31. The van der Waals surface area contributed by atoms with E-state index in [-0.39, 0.29) is 5.56 Å². The Morgan fingerprint density at radius 2 is 1.71 bits per heavy atom. The molecule has 0 spiro atoms. The van der Waals surface area contributed by atoms with Crippen molar-refractivity contribution >= 4 is 11.9 Å². The summed E-state index contributed by atoms with van der Waals surface area (Å²) in [6.07, 6.45) is 1.26. The number of nitrogens with zero attached hydrogens (tertiary/aromatic N) is 2. The molecule has 0 saturated heterocycles. The number of aromatic hydroxyl groups is 1. The van der Waals surface area contributed by atoms with Gasteiger partial charge in [0.1, 0.15) is 5.56 Å². The van der Waals surface area contributed by atoms with Crippen molar-refractivity contribution in [2.75, 3.05) is 0 Å². The minimum atomic E-state index is -0.711. The molecule has 0 unspecified atom stereocenters. The van der Waals surface area contributed by atoms with Gasteiger partial charge in [-0.3, -0.25) is 14.8 Å². The number of aromatic amines is 1. The summed E-state index contributed by atoms with van der Waals surface area (Å²) in [5.41, 5.74) is 0.567. The number of hydrogen-bond acceptors (Lipinski definition) is 4. The molecule has 3 aromatic rings. The minimum Gasteiger partial charge on any atom is -0.493 e. The van der Waals surface area contributed by atoms with Crippen molar-refractivity contribution in [3.63, 3.8) is 0 Å². The van der Waals surface area contributed by atoms with Crippen LogP contribution in [-0.4, -0.2) is 20.9 Å². The summed E-state index contributed by atoms with van der Waals surface area (Å²) in [6, 6.07) is 16.0. The first-order valence-corrected chi connectivity index (χ1v) is 7.31. The molecule has 0 aliphatic heterocycles. The van der Waals surface area contributed by atoms with Crippen molar-refractivity contribution in [3.05, 3.63) is 86.6 Å². The van der Waals surface area contributed by atoms with E-state index in [1.54, 1.807) is 36.4 Å². The Morgan fingerprint density at radius 3 is 2.42 bits per heavy atom. The first-order chi connectivity index (χ1) is 11.6. The Bertz CT molecular complexity index is 1020. The summed E-state index contributed by atoms with van der Waals surface area (Å²) in [5.74, 6) is -0.452. The van der Waals surface area contributed by atoms with Gasteiger partial charge < -0.3 is 5.11 Å². The first kappa shape index (κ1) is 15.5. The van der Waals surface area contributed by atoms with Crippen LogP contribution in [0, 0.1) is 6.92 Å². The van der Waals surface area contributed by atoms with Crippen LogP contribution in [-0.2, 0) is 0 Å². The Labute approximate surface area is 137 Å². The molecular formula is C18H15N3O3. The number of H-pyrrole nitrogens is 1. The van der Waals surface area contributed by atoms with Gasteiger partial charge in [-0.25, -0.2) is 9.36 Å². The van der Waals surface area contributed by atoms with Gasteiger partial charge in [0.15, 0.2) is 0 Å². The fraction of sp³-hybridized carbons (Fsp3) is 0.0556. The number of benzene rings is 2. The Morgan fingerprint density at radius 1 is 1.04 bits per heavy atom. The van der Waals surface area contributed by atoms with Crippen LogP contribution in [0.3, 0.4) is 0 Å². The van der Waals surface area contributed by atoms with E-state index in [1.165, 1.54) is 6.21 Å². The summed E-state index contributed by atoms with van der Waals surface area (Å²) in [6.45, 7) is 1.89. The monoisotopic (exact) mass is 321 g/mol. The van der Waals surface area contributed by atoms with Crippen molar-refractivity contribution in [2.24, 2.45) is 4.99 Å². The van der Waals surface area contributed by atoms with Crippen molar-refractivity contribution in [2.45, 2.75) is 6.92 Å². The van der Waals surface area contributed by atoms with Gasteiger partial charge in [-0.15, -0.1) is 0 Å². The molecule has 2 aromatic carbocycles. The van der Waals surface area contributed by atoms with Crippen molar-refractivity contribution in [3.8, 4) is 11.6 Å². The third-order valence-corrected chi connectivity index (χ3v) is 3.58. The van der Waals surface area contributed by atoms with E-state index in [1.807, 2.05) is 25.1 Å². The van der Waals surface area contributed by atoms with Crippen LogP contribution >= 0.6 is 0 Å². The van der Waals surface area contributed by atoms with Gasteiger partial charge in [-0.05, 0) is 30.7 Å². The van der Waals surface area contributed by atoms with Gasteiger partial charge in [-0.2, -0.15) is 0 Å². The highest BCUT2D eigenvalue weighted by Gasteiger charge is 2.13. The summed E-state index contributed by atoms with van der Waals surface area (Å²) in [7, 11) is 0. The molecule has 0 fully saturated rings. The Kier molecular flexibility index (Phi) is 4.11. The number of para-hydroxylation sites is 2. The van der Waals surface area contributed by atoms with Gasteiger partial charge >= 0.3 is 5.69 Å². The number of aryl methyl sites for hydroxylation is 1. The molecule has 0 atom stereocenters. The molecule has 1 aromatic heterocycles. The average Bonchev–Trinajstić information content (AvgIpc) is 2.57. The smallest absolute Gasteiger partial charge is 0.335 e. The quantitative estimate of drug-likeness (QED) is 0.726. The molecule has 120 valence electrons. The molecule has 2 N–H and O–H groups in total. The van der Waals surface area contributed by atoms with E-state index < -0.39 is 17.1 Å². The molecule has 0 amide bonds. The molecule has 24 heavy (non-hydrogen) atoms. The fourth-order valence-corrected chi connectivity index (χ4v) is 2.31. The summed E-state index contributed by atoms with van der Waals surface area (Å²) in [4.78, 5) is 30.5. The maximum Gasteiger partial charge on any atom is 0.335 e. The van der Waals surface area contributed by atoms with E-state index in [2.05, 4.69) is 9.98 Å². The van der Waals surface area contributed by atoms with Gasteiger partial charge in [0.2, 0.25) is 5.88 Å². The van der Waals surface area contributed by atoms with Crippen molar-refractivity contribution in [1.29, 1.82) is 0 Å². The van der Waals surface area contributed by atoms with Crippen LogP contribution in [0.5, 0.6) is 5.88 Å².